The van der Waals surface area contributed by atoms with Gasteiger partial charge in [-0.3, -0.25) is 19.4 Å². The van der Waals surface area contributed by atoms with E-state index in [1.165, 1.54) is 0 Å². The highest BCUT2D eigenvalue weighted by atomic mass is 16.5. The smallest absolute Gasteiger partial charge is 0.274 e. The zero-order valence-corrected chi connectivity index (χ0v) is 14.9. The third kappa shape index (κ3) is 3.28. The number of benzene rings is 3. The lowest BCUT2D eigenvalue weighted by Gasteiger charge is -2.14. The Morgan fingerprint density at radius 2 is 1.61 bits per heavy atom. The van der Waals surface area contributed by atoms with Gasteiger partial charge in [-0.2, -0.15) is 0 Å². The molecule has 0 bridgehead atoms. The van der Waals surface area contributed by atoms with Crippen LogP contribution in [0.25, 0.3) is 16.6 Å². The van der Waals surface area contributed by atoms with Gasteiger partial charge in [-0.25, -0.2) is 10.5 Å². The average molecular weight is 371 g/mol. The minimum Gasteiger partial charge on any atom is -0.288 e. The van der Waals surface area contributed by atoms with Gasteiger partial charge in [0.2, 0.25) is 0 Å². The van der Waals surface area contributed by atoms with Crippen molar-refractivity contribution in [3.63, 3.8) is 0 Å². The molecule has 138 valence electrons. The van der Waals surface area contributed by atoms with E-state index >= 15 is 0 Å². The Kier molecular flexibility index (Phi) is 4.70. The Labute approximate surface area is 160 Å². The number of aromatic nitrogens is 2. The molecule has 4 rings (SSSR count). The van der Waals surface area contributed by atoms with E-state index in [-0.39, 0.29) is 5.56 Å². The number of nitrogens with one attached hydrogen (secondary N) is 1. The topological polar surface area (TPSA) is 84.2 Å². The first-order chi connectivity index (χ1) is 13.7. The highest BCUT2D eigenvalue weighted by molar-refractivity contribution is 5.93. The second kappa shape index (κ2) is 7.46. The van der Waals surface area contributed by atoms with E-state index in [2.05, 4.69) is 0 Å². The van der Waals surface area contributed by atoms with Gasteiger partial charge in [0.15, 0.2) is 0 Å². The summed E-state index contributed by atoms with van der Waals surface area (Å²) in [5.41, 5.74) is 4.12. The molecular weight excluding hydrogens is 354 g/mol. The third-order valence-electron chi connectivity index (χ3n) is 4.54. The number of carbonyl (C=O) groups excluding carboxylic acids is 1. The molecule has 3 aromatic carbocycles. The van der Waals surface area contributed by atoms with Gasteiger partial charge in [0.1, 0.15) is 5.82 Å². The number of hydrogen-bond donors (Lipinski definition) is 2. The van der Waals surface area contributed by atoms with E-state index < -0.39 is 5.91 Å². The lowest BCUT2D eigenvalue weighted by atomic mass is 10.1. The summed E-state index contributed by atoms with van der Waals surface area (Å²) < 4.78 is 1.62. The molecule has 0 fully saturated rings. The largest absolute Gasteiger partial charge is 0.288 e. The minimum absolute atomic E-state index is 0.122. The molecule has 0 atom stereocenters. The lowest BCUT2D eigenvalue weighted by Crippen LogP contribution is -2.24. The quantitative estimate of drug-likeness (QED) is 0.426. The number of amides is 1. The van der Waals surface area contributed by atoms with Gasteiger partial charge in [0.25, 0.3) is 11.5 Å². The molecule has 1 heterocycles. The molecule has 0 aliphatic heterocycles. The van der Waals surface area contributed by atoms with E-state index in [9.17, 15) is 9.59 Å². The van der Waals surface area contributed by atoms with Gasteiger partial charge in [0.05, 0.1) is 16.6 Å². The first kappa shape index (κ1) is 17.6. The summed E-state index contributed by atoms with van der Waals surface area (Å²) in [4.78, 5) is 29.4. The molecule has 0 aliphatic carbocycles. The van der Waals surface area contributed by atoms with Crippen molar-refractivity contribution in [3.8, 4) is 5.69 Å². The minimum atomic E-state index is -0.573. The SMILES string of the molecule is O=C(NO)c1ccc(Cc2nc3ccccc3c(=O)n2-c2ccccc2)cc1. The maximum atomic E-state index is 13.2. The second-order valence-corrected chi connectivity index (χ2v) is 6.34. The van der Waals surface area contributed by atoms with Crippen LogP contribution in [-0.4, -0.2) is 20.7 Å². The Balaban J connectivity index is 1.84. The standard InChI is InChI=1S/C22H17N3O3/c26-21(24-28)16-12-10-15(11-13-16)14-20-23-19-9-5-4-8-18(19)22(27)25(20)17-6-2-1-3-7-17/h1-13,28H,14H2,(H,24,26). The number of hydrogen-bond acceptors (Lipinski definition) is 4. The predicted octanol–water partition coefficient (Wildman–Crippen LogP) is 3.10. The molecule has 0 aliphatic rings. The highest BCUT2D eigenvalue weighted by Crippen LogP contribution is 2.16. The van der Waals surface area contributed by atoms with E-state index in [1.54, 1.807) is 40.4 Å². The Morgan fingerprint density at radius 3 is 2.32 bits per heavy atom. The van der Waals surface area contributed by atoms with Gasteiger partial charge < -0.3 is 0 Å². The molecule has 0 unspecified atom stereocenters. The van der Waals surface area contributed by atoms with Crippen molar-refractivity contribution in [2.75, 3.05) is 0 Å². The summed E-state index contributed by atoms with van der Waals surface area (Å²) in [6.07, 6.45) is 0.413. The van der Waals surface area contributed by atoms with Crippen molar-refractivity contribution >= 4 is 16.8 Å². The molecule has 6 nitrogen and oxygen atoms in total. The summed E-state index contributed by atoms with van der Waals surface area (Å²) >= 11 is 0. The molecule has 0 radical (unpaired) electrons. The first-order valence-electron chi connectivity index (χ1n) is 8.77. The summed E-state index contributed by atoms with van der Waals surface area (Å²) in [7, 11) is 0. The zero-order chi connectivity index (χ0) is 19.5. The molecule has 4 aromatic rings. The van der Waals surface area contributed by atoms with Gasteiger partial charge >= 0.3 is 0 Å². The summed E-state index contributed by atoms with van der Waals surface area (Å²) in [6, 6.07) is 23.5. The second-order valence-electron chi connectivity index (χ2n) is 6.34. The summed E-state index contributed by atoms with van der Waals surface area (Å²) in [5.74, 6) is 0.0332. The van der Waals surface area contributed by atoms with Gasteiger partial charge in [-0.1, -0.05) is 42.5 Å². The van der Waals surface area contributed by atoms with Crippen LogP contribution in [0.4, 0.5) is 0 Å². The van der Waals surface area contributed by atoms with Crippen LogP contribution in [0.1, 0.15) is 21.7 Å². The fourth-order valence-corrected chi connectivity index (χ4v) is 3.16. The molecule has 0 spiro atoms. The molecule has 1 aromatic heterocycles. The predicted molar refractivity (Wildman–Crippen MR) is 106 cm³/mol. The van der Waals surface area contributed by atoms with Crippen molar-refractivity contribution < 1.29 is 10.0 Å². The van der Waals surface area contributed by atoms with E-state index in [4.69, 9.17) is 10.2 Å². The molecule has 2 N–H and O–H groups in total. The number of hydroxylamine groups is 1. The summed E-state index contributed by atoms with van der Waals surface area (Å²) in [5, 5.41) is 9.30. The van der Waals surface area contributed by atoms with Gasteiger partial charge in [0, 0.05) is 12.0 Å². The Hall–Kier alpha value is -3.77. The number of para-hydroxylation sites is 2. The molecular formula is C22H17N3O3. The van der Waals surface area contributed by atoms with Crippen molar-refractivity contribution in [1.29, 1.82) is 0 Å². The van der Waals surface area contributed by atoms with Gasteiger partial charge in [-0.15, -0.1) is 0 Å². The molecule has 1 amide bonds. The Morgan fingerprint density at radius 1 is 0.929 bits per heavy atom. The van der Waals surface area contributed by atoms with Crippen molar-refractivity contribution in [2.24, 2.45) is 0 Å². The number of fused-ring (bicyclic) bond motifs is 1. The van der Waals surface area contributed by atoms with Crippen LogP contribution in [-0.2, 0) is 6.42 Å². The van der Waals surface area contributed by atoms with Crippen LogP contribution >= 0.6 is 0 Å². The van der Waals surface area contributed by atoms with Crippen LogP contribution < -0.4 is 11.0 Å². The zero-order valence-electron chi connectivity index (χ0n) is 14.9. The maximum Gasteiger partial charge on any atom is 0.274 e. The van der Waals surface area contributed by atoms with Crippen LogP contribution in [0.3, 0.4) is 0 Å². The number of nitrogens with zero attached hydrogens (tertiary/aromatic N) is 2. The van der Waals surface area contributed by atoms with Crippen molar-refractivity contribution in [1.82, 2.24) is 15.0 Å². The lowest BCUT2D eigenvalue weighted by molar-refractivity contribution is 0.0706. The monoisotopic (exact) mass is 371 g/mol. The molecule has 0 saturated heterocycles. The van der Waals surface area contributed by atoms with Crippen LogP contribution in [0.2, 0.25) is 0 Å². The van der Waals surface area contributed by atoms with Crippen molar-refractivity contribution in [3.05, 3.63) is 106 Å². The number of rotatable bonds is 4. The van der Waals surface area contributed by atoms with E-state index in [1.807, 2.05) is 48.5 Å². The van der Waals surface area contributed by atoms with Crippen LogP contribution in [0.5, 0.6) is 0 Å². The first-order valence-corrected chi connectivity index (χ1v) is 8.77. The molecule has 0 saturated carbocycles. The van der Waals surface area contributed by atoms with Crippen LogP contribution in [0.15, 0.2) is 83.7 Å². The maximum absolute atomic E-state index is 13.2. The Bertz CT molecular complexity index is 1200. The van der Waals surface area contributed by atoms with E-state index in [0.29, 0.717) is 28.7 Å². The van der Waals surface area contributed by atoms with Crippen molar-refractivity contribution in [2.45, 2.75) is 6.42 Å². The highest BCUT2D eigenvalue weighted by Gasteiger charge is 2.13. The van der Waals surface area contributed by atoms with Gasteiger partial charge in [-0.05, 0) is 42.0 Å². The fraction of sp³-hybridized carbons (Fsp3) is 0.0455. The molecule has 6 heteroatoms. The summed E-state index contributed by atoms with van der Waals surface area (Å²) in [6.45, 7) is 0. The number of carbonyl (C=O) groups is 1. The van der Waals surface area contributed by atoms with E-state index in [0.717, 1.165) is 11.3 Å². The third-order valence-corrected chi connectivity index (χ3v) is 4.54. The normalized spacial score (nSPS) is 10.8. The fourth-order valence-electron chi connectivity index (χ4n) is 3.16. The van der Waals surface area contributed by atoms with Crippen LogP contribution in [0, 0.1) is 0 Å². The molecule has 28 heavy (non-hydrogen) atoms. The average Bonchev–Trinajstić information content (AvgIpc) is 2.74.